The van der Waals surface area contributed by atoms with E-state index in [1.165, 1.54) is 27.8 Å². The molecule has 0 radical (unpaired) electrons. The molecule has 1 aliphatic heterocycles. The lowest BCUT2D eigenvalue weighted by Gasteiger charge is -2.30. The van der Waals surface area contributed by atoms with Crippen LogP contribution < -0.4 is 0 Å². The van der Waals surface area contributed by atoms with Gasteiger partial charge in [0.2, 0.25) is 15.8 Å². The number of sulfonamides is 1. The largest absolute Gasteiger partial charge is 0.457 e. The summed E-state index contributed by atoms with van der Waals surface area (Å²) < 4.78 is 44.5. The third-order valence-corrected chi connectivity index (χ3v) is 7.20. The van der Waals surface area contributed by atoms with Crippen molar-refractivity contribution >= 4 is 33.1 Å². The molecule has 0 atom stereocenters. The van der Waals surface area contributed by atoms with Gasteiger partial charge in [-0.1, -0.05) is 6.07 Å². The van der Waals surface area contributed by atoms with Crippen molar-refractivity contribution in [2.24, 2.45) is 5.92 Å². The number of benzene rings is 1. The average molecular weight is 411 g/mol. The van der Waals surface area contributed by atoms with E-state index in [1.807, 2.05) is 0 Å². The monoisotopic (exact) mass is 411 g/mol. The molecule has 9 heteroatoms. The number of hydrogen-bond acceptors (Lipinski definition) is 6. The van der Waals surface area contributed by atoms with Crippen LogP contribution in [0.5, 0.6) is 0 Å². The van der Waals surface area contributed by atoms with Crippen LogP contribution >= 0.6 is 11.3 Å². The highest BCUT2D eigenvalue weighted by Gasteiger charge is 2.33. The Morgan fingerprint density at radius 2 is 1.81 bits per heavy atom. The van der Waals surface area contributed by atoms with Crippen molar-refractivity contribution < 1.29 is 27.1 Å². The number of ketones is 1. The molecule has 2 heterocycles. The van der Waals surface area contributed by atoms with Gasteiger partial charge in [0.25, 0.3) is 0 Å². The number of halogens is 1. The van der Waals surface area contributed by atoms with Crippen LogP contribution in [-0.2, 0) is 19.6 Å². The standard InChI is InChI=1S/C18H18FNO5S2/c19-14-3-5-15(6-4-14)27(23,24)20-9-7-13(8-10-20)18(22)25-12-16(21)17-2-1-11-26-17/h1-6,11,13H,7-10,12H2. The normalized spacial score (nSPS) is 16.2. The highest BCUT2D eigenvalue weighted by Crippen LogP contribution is 2.25. The first-order chi connectivity index (χ1) is 12.9. The second kappa shape index (κ2) is 8.28. The van der Waals surface area contributed by atoms with Gasteiger partial charge in [-0.25, -0.2) is 12.8 Å². The maximum absolute atomic E-state index is 13.0. The number of Topliss-reactive ketones (excluding diaryl/α,β-unsaturated/α-hetero) is 1. The molecular weight excluding hydrogens is 393 g/mol. The predicted octanol–water partition coefficient (Wildman–Crippen LogP) is 2.71. The van der Waals surface area contributed by atoms with E-state index < -0.39 is 27.7 Å². The first-order valence-electron chi connectivity index (χ1n) is 8.37. The summed E-state index contributed by atoms with van der Waals surface area (Å²) >= 11 is 1.28. The second-order valence-electron chi connectivity index (χ2n) is 6.14. The van der Waals surface area contributed by atoms with Gasteiger partial charge < -0.3 is 4.74 Å². The Bertz CT molecular complexity index is 902. The van der Waals surface area contributed by atoms with Crippen molar-refractivity contribution in [1.82, 2.24) is 4.31 Å². The van der Waals surface area contributed by atoms with Crippen molar-refractivity contribution in [1.29, 1.82) is 0 Å². The summed E-state index contributed by atoms with van der Waals surface area (Å²) in [5, 5.41) is 1.77. The third-order valence-electron chi connectivity index (χ3n) is 4.38. The van der Waals surface area contributed by atoms with Gasteiger partial charge in [0.05, 0.1) is 15.7 Å². The SMILES string of the molecule is O=C(COC(=O)C1CCN(S(=O)(=O)c2ccc(F)cc2)CC1)c1cccs1. The smallest absolute Gasteiger partial charge is 0.309 e. The molecule has 0 N–H and O–H groups in total. The molecule has 27 heavy (non-hydrogen) atoms. The number of thiophene rings is 1. The number of esters is 1. The third kappa shape index (κ3) is 4.60. The lowest BCUT2D eigenvalue weighted by Crippen LogP contribution is -2.40. The zero-order valence-corrected chi connectivity index (χ0v) is 16.0. The summed E-state index contributed by atoms with van der Waals surface area (Å²) in [4.78, 5) is 24.6. The van der Waals surface area contributed by atoms with Gasteiger partial charge in [-0.2, -0.15) is 4.31 Å². The van der Waals surface area contributed by atoms with Crippen LogP contribution in [-0.4, -0.2) is 44.2 Å². The van der Waals surface area contributed by atoms with Crippen LogP contribution in [0.2, 0.25) is 0 Å². The van der Waals surface area contributed by atoms with Gasteiger partial charge >= 0.3 is 5.97 Å². The number of hydrogen-bond donors (Lipinski definition) is 0. The van der Waals surface area contributed by atoms with E-state index in [1.54, 1.807) is 17.5 Å². The van der Waals surface area contributed by atoms with Crippen molar-refractivity contribution in [3.63, 3.8) is 0 Å². The highest BCUT2D eigenvalue weighted by atomic mass is 32.2. The number of piperidine rings is 1. The summed E-state index contributed by atoms with van der Waals surface area (Å²) in [6.45, 7) is 0.0180. The fourth-order valence-electron chi connectivity index (χ4n) is 2.85. The molecule has 0 spiro atoms. The minimum absolute atomic E-state index is 0.0199. The Balaban J connectivity index is 1.53. The maximum atomic E-state index is 13.0. The van der Waals surface area contributed by atoms with Gasteiger partial charge in [0.15, 0.2) is 6.61 Å². The van der Waals surface area contributed by atoms with Crippen LogP contribution in [0, 0.1) is 11.7 Å². The Kier molecular flexibility index (Phi) is 6.03. The molecule has 144 valence electrons. The number of carbonyl (C=O) groups excluding carboxylic acids is 2. The summed E-state index contributed by atoms with van der Waals surface area (Å²) in [6.07, 6.45) is 0.624. The second-order valence-corrected chi connectivity index (χ2v) is 9.03. The lowest BCUT2D eigenvalue weighted by molar-refractivity contribution is -0.148. The van der Waals surface area contributed by atoms with E-state index in [0.717, 1.165) is 12.1 Å². The first-order valence-corrected chi connectivity index (χ1v) is 10.7. The van der Waals surface area contributed by atoms with E-state index in [-0.39, 0.29) is 30.4 Å². The van der Waals surface area contributed by atoms with Crippen molar-refractivity contribution in [2.45, 2.75) is 17.7 Å². The molecule has 1 aliphatic rings. The summed E-state index contributed by atoms with van der Waals surface area (Å²) in [5.74, 6) is -1.69. The topological polar surface area (TPSA) is 80.8 Å². The van der Waals surface area contributed by atoms with E-state index in [0.29, 0.717) is 17.7 Å². The molecular formula is C18H18FNO5S2. The average Bonchev–Trinajstić information content (AvgIpc) is 3.21. The zero-order valence-electron chi connectivity index (χ0n) is 14.3. The molecule has 0 bridgehead atoms. The molecule has 0 unspecified atom stereocenters. The molecule has 1 fully saturated rings. The fourth-order valence-corrected chi connectivity index (χ4v) is 4.97. The summed E-state index contributed by atoms with van der Waals surface area (Å²) in [5.41, 5.74) is 0. The Morgan fingerprint density at radius 1 is 1.15 bits per heavy atom. The predicted molar refractivity (Wildman–Crippen MR) is 97.5 cm³/mol. The van der Waals surface area contributed by atoms with Crippen LogP contribution in [0.15, 0.2) is 46.7 Å². The van der Waals surface area contributed by atoms with E-state index in [2.05, 4.69) is 0 Å². The van der Waals surface area contributed by atoms with E-state index in [4.69, 9.17) is 4.74 Å². The summed E-state index contributed by atoms with van der Waals surface area (Å²) in [6, 6.07) is 8.06. The lowest BCUT2D eigenvalue weighted by atomic mass is 9.98. The van der Waals surface area contributed by atoms with Crippen LogP contribution in [0.4, 0.5) is 4.39 Å². The minimum Gasteiger partial charge on any atom is -0.457 e. The highest BCUT2D eigenvalue weighted by molar-refractivity contribution is 7.89. The first kappa shape index (κ1) is 19.7. The van der Waals surface area contributed by atoms with Crippen molar-refractivity contribution in [3.05, 3.63) is 52.5 Å². The molecule has 1 saturated heterocycles. The minimum atomic E-state index is -3.72. The van der Waals surface area contributed by atoms with Gasteiger partial charge in [0, 0.05) is 13.1 Å². The summed E-state index contributed by atoms with van der Waals surface area (Å²) in [7, 11) is -3.72. The van der Waals surface area contributed by atoms with Crippen molar-refractivity contribution in [2.75, 3.05) is 19.7 Å². The van der Waals surface area contributed by atoms with E-state index in [9.17, 15) is 22.4 Å². The molecule has 6 nitrogen and oxygen atoms in total. The van der Waals surface area contributed by atoms with Gasteiger partial charge in [-0.05, 0) is 48.6 Å². The number of carbonyl (C=O) groups is 2. The molecule has 0 saturated carbocycles. The molecule has 2 aromatic rings. The number of rotatable bonds is 6. The number of nitrogens with zero attached hydrogens (tertiary/aromatic N) is 1. The molecule has 1 aromatic carbocycles. The molecule has 1 aromatic heterocycles. The van der Waals surface area contributed by atoms with E-state index >= 15 is 0 Å². The zero-order chi connectivity index (χ0) is 19.4. The van der Waals surface area contributed by atoms with Gasteiger partial charge in [-0.15, -0.1) is 11.3 Å². The Morgan fingerprint density at radius 3 is 2.41 bits per heavy atom. The van der Waals surface area contributed by atoms with Gasteiger partial charge in [0.1, 0.15) is 5.82 Å². The fraction of sp³-hybridized carbons (Fsp3) is 0.333. The molecule has 3 rings (SSSR count). The van der Waals surface area contributed by atoms with Crippen LogP contribution in [0.1, 0.15) is 22.5 Å². The quantitative estimate of drug-likeness (QED) is 0.539. The Labute approximate surface area is 160 Å². The van der Waals surface area contributed by atoms with Crippen LogP contribution in [0.25, 0.3) is 0 Å². The van der Waals surface area contributed by atoms with Crippen molar-refractivity contribution in [3.8, 4) is 0 Å². The number of ether oxygens (including phenoxy) is 1. The van der Waals surface area contributed by atoms with Crippen LogP contribution in [0.3, 0.4) is 0 Å². The van der Waals surface area contributed by atoms with Gasteiger partial charge in [-0.3, -0.25) is 9.59 Å². The molecule has 0 aliphatic carbocycles. The Hall–Kier alpha value is -2.10. The maximum Gasteiger partial charge on any atom is 0.309 e. The molecule has 0 amide bonds.